The van der Waals surface area contributed by atoms with Gasteiger partial charge in [0, 0.05) is 17.6 Å². The van der Waals surface area contributed by atoms with Crippen molar-refractivity contribution in [2.24, 2.45) is 0 Å². The number of rotatable bonds is 5. The quantitative estimate of drug-likeness (QED) is 0.908. The minimum atomic E-state index is 0.837. The Hall–Kier alpha value is -1.32. The number of halogens is 1. The molecule has 1 N–H and O–H groups in total. The number of ether oxygens (including phenoxy) is 1. The van der Waals surface area contributed by atoms with Crippen molar-refractivity contribution in [2.45, 2.75) is 13.1 Å². The topological polar surface area (TPSA) is 21.3 Å². The molecule has 3 heteroatoms. The Morgan fingerprint density at radius 3 is 2.33 bits per heavy atom. The van der Waals surface area contributed by atoms with Crippen molar-refractivity contribution >= 4 is 15.9 Å². The lowest BCUT2D eigenvalue weighted by molar-refractivity contribution is 0.414. The normalized spacial score (nSPS) is 10.3. The zero-order valence-corrected chi connectivity index (χ0v) is 11.9. The van der Waals surface area contributed by atoms with Crippen molar-refractivity contribution in [2.75, 3.05) is 7.11 Å². The summed E-state index contributed by atoms with van der Waals surface area (Å²) in [6.45, 7) is 1.69. The van der Waals surface area contributed by atoms with Crippen LogP contribution in [0.15, 0.2) is 53.0 Å². The summed E-state index contributed by atoms with van der Waals surface area (Å²) in [6, 6.07) is 16.4. The summed E-state index contributed by atoms with van der Waals surface area (Å²) in [6.07, 6.45) is 0. The van der Waals surface area contributed by atoms with E-state index >= 15 is 0 Å². The molecular formula is C15H16BrNO. The van der Waals surface area contributed by atoms with Gasteiger partial charge in [-0.3, -0.25) is 0 Å². The highest BCUT2D eigenvalue weighted by Gasteiger charge is 1.97. The van der Waals surface area contributed by atoms with E-state index in [1.807, 2.05) is 30.3 Å². The Kier molecular flexibility index (Phi) is 4.79. The average Bonchev–Trinajstić information content (AvgIpc) is 2.39. The maximum Gasteiger partial charge on any atom is 0.119 e. The summed E-state index contributed by atoms with van der Waals surface area (Å²) in [5.74, 6) is 0.900. The molecule has 2 rings (SSSR count). The van der Waals surface area contributed by atoms with Crippen LogP contribution in [0, 0.1) is 0 Å². The van der Waals surface area contributed by atoms with Crippen LogP contribution in [-0.4, -0.2) is 7.11 Å². The molecule has 0 heterocycles. The Labute approximate surface area is 116 Å². The molecule has 0 fully saturated rings. The molecule has 0 bridgehead atoms. The van der Waals surface area contributed by atoms with Gasteiger partial charge in [-0.1, -0.05) is 40.2 Å². The summed E-state index contributed by atoms with van der Waals surface area (Å²) in [5.41, 5.74) is 2.50. The molecule has 0 saturated heterocycles. The molecule has 0 spiro atoms. The lowest BCUT2D eigenvalue weighted by atomic mass is 10.2. The maximum atomic E-state index is 5.20. The van der Waals surface area contributed by atoms with E-state index < -0.39 is 0 Å². The van der Waals surface area contributed by atoms with Gasteiger partial charge in [-0.05, 0) is 35.4 Å². The van der Waals surface area contributed by atoms with Crippen LogP contribution in [0.25, 0.3) is 0 Å². The van der Waals surface area contributed by atoms with Crippen molar-refractivity contribution in [1.82, 2.24) is 5.32 Å². The zero-order valence-electron chi connectivity index (χ0n) is 10.3. The molecule has 2 aromatic carbocycles. The SMILES string of the molecule is COc1cccc(CNCc2cccc(Br)c2)c1. The summed E-state index contributed by atoms with van der Waals surface area (Å²) < 4.78 is 6.32. The second-order valence-electron chi connectivity index (χ2n) is 4.09. The lowest BCUT2D eigenvalue weighted by Gasteiger charge is -2.07. The van der Waals surface area contributed by atoms with Crippen molar-refractivity contribution in [1.29, 1.82) is 0 Å². The number of nitrogens with one attached hydrogen (secondary N) is 1. The molecule has 0 unspecified atom stereocenters. The highest BCUT2D eigenvalue weighted by Crippen LogP contribution is 2.13. The summed E-state index contributed by atoms with van der Waals surface area (Å²) in [7, 11) is 1.69. The summed E-state index contributed by atoms with van der Waals surface area (Å²) in [4.78, 5) is 0. The first-order valence-electron chi connectivity index (χ1n) is 5.86. The van der Waals surface area contributed by atoms with Crippen molar-refractivity contribution in [3.05, 3.63) is 64.1 Å². The van der Waals surface area contributed by atoms with E-state index in [4.69, 9.17) is 4.74 Å². The van der Waals surface area contributed by atoms with Crippen molar-refractivity contribution in [3.8, 4) is 5.75 Å². The third kappa shape index (κ3) is 3.86. The van der Waals surface area contributed by atoms with Gasteiger partial charge in [-0.15, -0.1) is 0 Å². The van der Waals surface area contributed by atoms with Gasteiger partial charge < -0.3 is 10.1 Å². The average molecular weight is 306 g/mol. The molecule has 94 valence electrons. The highest BCUT2D eigenvalue weighted by atomic mass is 79.9. The molecule has 0 aromatic heterocycles. The molecule has 0 amide bonds. The predicted molar refractivity (Wildman–Crippen MR) is 77.7 cm³/mol. The van der Waals surface area contributed by atoms with Gasteiger partial charge in [0.05, 0.1) is 7.11 Å². The Morgan fingerprint density at radius 1 is 1.00 bits per heavy atom. The van der Waals surface area contributed by atoms with Crippen molar-refractivity contribution in [3.63, 3.8) is 0 Å². The second-order valence-corrected chi connectivity index (χ2v) is 5.00. The van der Waals surface area contributed by atoms with E-state index in [0.29, 0.717) is 0 Å². The van der Waals surface area contributed by atoms with E-state index in [-0.39, 0.29) is 0 Å². The highest BCUT2D eigenvalue weighted by molar-refractivity contribution is 9.10. The van der Waals surface area contributed by atoms with Gasteiger partial charge in [0.25, 0.3) is 0 Å². The fraction of sp³-hybridized carbons (Fsp3) is 0.200. The fourth-order valence-corrected chi connectivity index (χ4v) is 2.23. The first-order chi connectivity index (χ1) is 8.78. The van der Waals surface area contributed by atoms with Gasteiger partial charge in [0.2, 0.25) is 0 Å². The van der Waals surface area contributed by atoms with Crippen LogP contribution in [0.5, 0.6) is 5.75 Å². The smallest absolute Gasteiger partial charge is 0.119 e. The summed E-state index contributed by atoms with van der Waals surface area (Å²) >= 11 is 3.47. The third-order valence-electron chi connectivity index (χ3n) is 2.68. The number of benzene rings is 2. The molecule has 0 aliphatic heterocycles. The first kappa shape index (κ1) is 13.1. The Balaban J connectivity index is 1.88. The van der Waals surface area contributed by atoms with Crippen LogP contribution in [0.4, 0.5) is 0 Å². The molecule has 0 radical (unpaired) electrons. The molecule has 0 aliphatic carbocycles. The van der Waals surface area contributed by atoms with Gasteiger partial charge in [0.1, 0.15) is 5.75 Å². The standard InChI is InChI=1S/C15H16BrNO/c1-18-15-7-3-5-13(9-15)11-17-10-12-4-2-6-14(16)8-12/h2-9,17H,10-11H2,1H3. The monoisotopic (exact) mass is 305 g/mol. The predicted octanol–water partition coefficient (Wildman–Crippen LogP) is 3.75. The molecule has 2 nitrogen and oxygen atoms in total. The second kappa shape index (κ2) is 6.57. The lowest BCUT2D eigenvalue weighted by Crippen LogP contribution is -2.12. The van der Waals surface area contributed by atoms with Crippen LogP contribution in [0.1, 0.15) is 11.1 Å². The van der Waals surface area contributed by atoms with Gasteiger partial charge in [-0.25, -0.2) is 0 Å². The number of methoxy groups -OCH3 is 1. The minimum absolute atomic E-state index is 0.837. The van der Waals surface area contributed by atoms with E-state index in [2.05, 4.69) is 39.4 Å². The molecule has 2 aromatic rings. The zero-order chi connectivity index (χ0) is 12.8. The van der Waals surface area contributed by atoms with Crippen LogP contribution < -0.4 is 10.1 Å². The summed E-state index contributed by atoms with van der Waals surface area (Å²) in [5, 5.41) is 3.42. The third-order valence-corrected chi connectivity index (χ3v) is 3.17. The van der Waals surface area contributed by atoms with Crippen LogP contribution in [-0.2, 0) is 13.1 Å². The largest absolute Gasteiger partial charge is 0.497 e. The van der Waals surface area contributed by atoms with Crippen LogP contribution in [0.2, 0.25) is 0 Å². The van der Waals surface area contributed by atoms with Crippen LogP contribution in [0.3, 0.4) is 0 Å². The van der Waals surface area contributed by atoms with E-state index in [1.165, 1.54) is 11.1 Å². The van der Waals surface area contributed by atoms with E-state index in [1.54, 1.807) is 7.11 Å². The van der Waals surface area contributed by atoms with Gasteiger partial charge in [-0.2, -0.15) is 0 Å². The number of hydrogen-bond donors (Lipinski definition) is 1. The minimum Gasteiger partial charge on any atom is -0.497 e. The van der Waals surface area contributed by atoms with Crippen LogP contribution >= 0.6 is 15.9 Å². The van der Waals surface area contributed by atoms with E-state index in [9.17, 15) is 0 Å². The van der Waals surface area contributed by atoms with Crippen molar-refractivity contribution < 1.29 is 4.74 Å². The Morgan fingerprint density at radius 2 is 1.67 bits per heavy atom. The first-order valence-corrected chi connectivity index (χ1v) is 6.65. The molecule has 0 atom stereocenters. The number of hydrogen-bond acceptors (Lipinski definition) is 2. The fourth-order valence-electron chi connectivity index (χ4n) is 1.78. The van der Waals surface area contributed by atoms with Gasteiger partial charge >= 0.3 is 0 Å². The molecule has 0 saturated carbocycles. The van der Waals surface area contributed by atoms with E-state index in [0.717, 1.165) is 23.3 Å². The molecule has 18 heavy (non-hydrogen) atoms. The van der Waals surface area contributed by atoms with Gasteiger partial charge in [0.15, 0.2) is 0 Å². The maximum absolute atomic E-state index is 5.20. The molecule has 0 aliphatic rings. The molecular weight excluding hydrogens is 290 g/mol. The Bertz CT molecular complexity index is 513.